The first-order chi connectivity index (χ1) is 14.5. The van der Waals surface area contributed by atoms with Gasteiger partial charge in [0.25, 0.3) is 5.91 Å². The maximum atomic E-state index is 14.7. The number of hydrogen-bond acceptors (Lipinski definition) is 4. The summed E-state index contributed by atoms with van der Waals surface area (Å²) in [5.41, 5.74) is 2.53. The van der Waals surface area contributed by atoms with E-state index in [4.69, 9.17) is 4.74 Å². The Kier molecular flexibility index (Phi) is 5.81. The Bertz CT molecular complexity index is 1010. The Hall–Kier alpha value is -3.19. The van der Waals surface area contributed by atoms with E-state index < -0.39 is 11.7 Å². The molecule has 2 aromatic carbocycles. The lowest BCUT2D eigenvalue weighted by molar-refractivity contribution is -0.119. The summed E-state index contributed by atoms with van der Waals surface area (Å²) < 4.78 is 19.9. The molecule has 2 amide bonds. The number of hydrogen-bond donors (Lipinski definition) is 3. The van der Waals surface area contributed by atoms with E-state index in [-0.39, 0.29) is 17.6 Å². The van der Waals surface area contributed by atoms with E-state index in [9.17, 15) is 14.0 Å². The van der Waals surface area contributed by atoms with Gasteiger partial charge in [0.1, 0.15) is 11.6 Å². The van der Waals surface area contributed by atoms with Crippen LogP contribution in [0.15, 0.2) is 53.6 Å². The Labute approximate surface area is 174 Å². The molecule has 30 heavy (non-hydrogen) atoms. The second kappa shape index (κ2) is 8.67. The van der Waals surface area contributed by atoms with Crippen molar-refractivity contribution < 1.29 is 18.7 Å². The summed E-state index contributed by atoms with van der Waals surface area (Å²) in [4.78, 5) is 25.2. The van der Waals surface area contributed by atoms with Gasteiger partial charge in [-0.1, -0.05) is 18.2 Å². The zero-order valence-electron chi connectivity index (χ0n) is 16.8. The Morgan fingerprint density at radius 1 is 1.03 bits per heavy atom. The average Bonchev–Trinajstić information content (AvgIpc) is 3.22. The lowest BCUT2D eigenvalue weighted by Gasteiger charge is -2.28. The number of amides is 2. The average molecular weight is 409 g/mol. The molecule has 0 spiro atoms. The molecule has 0 saturated carbocycles. The highest BCUT2D eigenvalue weighted by atomic mass is 19.1. The standard InChI is InChI=1S/C23H24FN3O3/c1-30-17-5-2-4-14(10-17)15-8-9-21(20(24)11-15)27-23(29)19-7-3-6-18(19)22(28)26-16-12-25-13-16/h2,4-5,8-11,16,25H,3,6-7,12-13H2,1H3,(H,26,28)(H,27,29). The molecular formula is C23H24FN3O3. The number of benzene rings is 2. The summed E-state index contributed by atoms with van der Waals surface area (Å²) >= 11 is 0. The summed E-state index contributed by atoms with van der Waals surface area (Å²) in [5.74, 6) is -0.467. The summed E-state index contributed by atoms with van der Waals surface area (Å²) in [5, 5.41) is 8.65. The van der Waals surface area contributed by atoms with Crippen LogP contribution in [0.4, 0.5) is 10.1 Å². The lowest BCUT2D eigenvalue weighted by Crippen LogP contribution is -2.57. The number of carbonyl (C=O) groups is 2. The summed E-state index contributed by atoms with van der Waals surface area (Å²) in [7, 11) is 1.58. The van der Waals surface area contributed by atoms with Crippen LogP contribution in [0.1, 0.15) is 19.3 Å². The van der Waals surface area contributed by atoms with Crippen molar-refractivity contribution in [1.29, 1.82) is 0 Å². The predicted octanol–water partition coefficient (Wildman–Crippen LogP) is 3.01. The van der Waals surface area contributed by atoms with Crippen molar-refractivity contribution in [3.63, 3.8) is 0 Å². The van der Waals surface area contributed by atoms with Crippen molar-refractivity contribution in [3.05, 3.63) is 59.4 Å². The fourth-order valence-electron chi connectivity index (χ4n) is 3.70. The van der Waals surface area contributed by atoms with E-state index in [0.29, 0.717) is 35.3 Å². The molecule has 4 rings (SSSR count). The molecule has 0 unspecified atom stereocenters. The van der Waals surface area contributed by atoms with Gasteiger partial charge >= 0.3 is 0 Å². The maximum Gasteiger partial charge on any atom is 0.252 e. The van der Waals surface area contributed by atoms with Crippen molar-refractivity contribution >= 4 is 17.5 Å². The zero-order valence-corrected chi connectivity index (χ0v) is 16.8. The third-order valence-corrected chi connectivity index (χ3v) is 5.50. The molecule has 7 heteroatoms. The third-order valence-electron chi connectivity index (χ3n) is 5.50. The molecule has 2 aliphatic rings. The second-order valence-corrected chi connectivity index (χ2v) is 7.52. The number of nitrogens with one attached hydrogen (secondary N) is 3. The topological polar surface area (TPSA) is 79.5 Å². The maximum absolute atomic E-state index is 14.7. The minimum absolute atomic E-state index is 0.0917. The van der Waals surface area contributed by atoms with Crippen LogP contribution in [0.3, 0.4) is 0 Å². The molecular weight excluding hydrogens is 385 g/mol. The van der Waals surface area contributed by atoms with Crippen LogP contribution in [-0.4, -0.2) is 38.1 Å². The predicted molar refractivity (Wildman–Crippen MR) is 113 cm³/mol. The van der Waals surface area contributed by atoms with Gasteiger partial charge in [0.2, 0.25) is 5.91 Å². The molecule has 2 aromatic rings. The lowest BCUT2D eigenvalue weighted by atomic mass is 10.0. The normalized spacial score (nSPS) is 16.2. The minimum atomic E-state index is -0.534. The van der Waals surface area contributed by atoms with Crippen LogP contribution < -0.4 is 20.7 Å². The van der Waals surface area contributed by atoms with Gasteiger partial charge in [0.05, 0.1) is 18.8 Å². The first kappa shape index (κ1) is 20.1. The summed E-state index contributed by atoms with van der Waals surface area (Å²) in [6, 6.07) is 12.1. The number of carbonyl (C=O) groups excluding carboxylic acids is 2. The number of rotatable bonds is 6. The fraction of sp³-hybridized carbons (Fsp3) is 0.304. The van der Waals surface area contributed by atoms with Gasteiger partial charge < -0.3 is 20.7 Å². The third kappa shape index (κ3) is 4.21. The van der Waals surface area contributed by atoms with Gasteiger partial charge in [-0.25, -0.2) is 4.39 Å². The molecule has 6 nitrogen and oxygen atoms in total. The van der Waals surface area contributed by atoms with E-state index in [1.807, 2.05) is 24.3 Å². The largest absolute Gasteiger partial charge is 0.497 e. The van der Waals surface area contributed by atoms with E-state index >= 15 is 0 Å². The van der Waals surface area contributed by atoms with Crippen molar-refractivity contribution in [2.75, 3.05) is 25.5 Å². The van der Waals surface area contributed by atoms with Gasteiger partial charge in [-0.15, -0.1) is 0 Å². The van der Waals surface area contributed by atoms with E-state index in [1.54, 1.807) is 13.2 Å². The summed E-state index contributed by atoms with van der Waals surface area (Å²) in [6.07, 6.45) is 1.82. The molecule has 0 aromatic heterocycles. The fourth-order valence-corrected chi connectivity index (χ4v) is 3.70. The van der Waals surface area contributed by atoms with E-state index in [0.717, 1.165) is 25.1 Å². The first-order valence-corrected chi connectivity index (χ1v) is 10.0. The van der Waals surface area contributed by atoms with Gasteiger partial charge in [-0.05, 0) is 54.7 Å². The Morgan fingerprint density at radius 2 is 1.77 bits per heavy atom. The monoisotopic (exact) mass is 409 g/mol. The molecule has 0 atom stereocenters. The molecule has 1 aliphatic carbocycles. The zero-order chi connectivity index (χ0) is 21.1. The highest BCUT2D eigenvalue weighted by Crippen LogP contribution is 2.30. The summed E-state index contributed by atoms with van der Waals surface area (Å²) in [6.45, 7) is 1.48. The van der Waals surface area contributed by atoms with Gasteiger partial charge in [0.15, 0.2) is 0 Å². The number of ether oxygens (including phenoxy) is 1. The Morgan fingerprint density at radius 3 is 2.43 bits per heavy atom. The van der Waals surface area contributed by atoms with Crippen LogP contribution in [0.5, 0.6) is 5.75 Å². The number of anilines is 1. The van der Waals surface area contributed by atoms with Crippen molar-refractivity contribution in [3.8, 4) is 16.9 Å². The van der Waals surface area contributed by atoms with Crippen LogP contribution in [0.2, 0.25) is 0 Å². The molecule has 0 bridgehead atoms. The number of halogens is 1. The second-order valence-electron chi connectivity index (χ2n) is 7.52. The van der Waals surface area contributed by atoms with Crippen molar-refractivity contribution in [1.82, 2.24) is 10.6 Å². The van der Waals surface area contributed by atoms with Crippen molar-refractivity contribution in [2.24, 2.45) is 0 Å². The molecule has 156 valence electrons. The van der Waals surface area contributed by atoms with Crippen molar-refractivity contribution in [2.45, 2.75) is 25.3 Å². The van der Waals surface area contributed by atoms with Gasteiger partial charge in [-0.2, -0.15) is 0 Å². The smallest absolute Gasteiger partial charge is 0.252 e. The van der Waals surface area contributed by atoms with E-state index in [2.05, 4.69) is 16.0 Å². The molecule has 1 heterocycles. The van der Waals surface area contributed by atoms with Gasteiger partial charge in [0, 0.05) is 24.2 Å². The van der Waals surface area contributed by atoms with E-state index in [1.165, 1.54) is 12.1 Å². The van der Waals surface area contributed by atoms with Crippen LogP contribution >= 0.6 is 0 Å². The highest BCUT2D eigenvalue weighted by molar-refractivity contribution is 6.10. The molecule has 0 radical (unpaired) electrons. The van der Waals surface area contributed by atoms with Crippen LogP contribution in [0, 0.1) is 5.82 Å². The number of methoxy groups -OCH3 is 1. The SMILES string of the molecule is COc1cccc(-c2ccc(NC(=O)C3=C(C(=O)NC4CNC4)CCC3)c(F)c2)c1. The molecule has 1 fully saturated rings. The highest BCUT2D eigenvalue weighted by Gasteiger charge is 2.28. The van der Waals surface area contributed by atoms with Crippen LogP contribution in [0.25, 0.3) is 11.1 Å². The molecule has 1 aliphatic heterocycles. The minimum Gasteiger partial charge on any atom is -0.497 e. The first-order valence-electron chi connectivity index (χ1n) is 10.0. The Balaban J connectivity index is 1.49. The quantitative estimate of drug-likeness (QED) is 0.685. The molecule has 3 N–H and O–H groups in total. The molecule has 1 saturated heterocycles. The van der Waals surface area contributed by atoms with Crippen LogP contribution in [-0.2, 0) is 9.59 Å². The van der Waals surface area contributed by atoms with Gasteiger partial charge in [-0.3, -0.25) is 9.59 Å².